The molecule has 1 rings (SSSR count). The largest absolute Gasteiger partial charge is 0.464 e. The molecule has 1 saturated heterocycles. The van der Waals surface area contributed by atoms with Crippen molar-refractivity contribution in [2.45, 2.75) is 51.9 Å². The normalized spacial score (nSPS) is 20.4. The van der Waals surface area contributed by atoms with E-state index in [4.69, 9.17) is 9.47 Å². The summed E-state index contributed by atoms with van der Waals surface area (Å²) in [6.45, 7) is 6.67. The van der Waals surface area contributed by atoms with E-state index in [1.165, 1.54) is 0 Å². The lowest BCUT2D eigenvalue weighted by atomic mass is 10.1. The van der Waals surface area contributed by atoms with Crippen molar-refractivity contribution in [3.05, 3.63) is 0 Å². The first-order valence-electron chi connectivity index (χ1n) is 8.29. The Hall–Kier alpha value is -1.28. The lowest BCUT2D eigenvalue weighted by Crippen LogP contribution is -2.49. The standard InChI is InChI=1S/C16H28N2O5S/c1-5-22-16(21)13-12(23-13)15(20)18-11(7-9-24-4)14(19)17-8-6-10(2)3/h10-13H,5-9H2,1-4H3,(H,17,19)(H,18,20)/t11-,12-,13-/m0/s1. The Labute approximate surface area is 147 Å². The molecule has 1 aliphatic heterocycles. The predicted molar refractivity (Wildman–Crippen MR) is 92.7 cm³/mol. The number of nitrogens with one attached hydrogen (secondary N) is 2. The number of carbonyl (C=O) groups excluding carboxylic acids is 3. The zero-order valence-corrected chi connectivity index (χ0v) is 15.6. The van der Waals surface area contributed by atoms with Gasteiger partial charge in [0.25, 0.3) is 5.91 Å². The predicted octanol–water partition coefficient (Wildman–Crippen LogP) is 0.717. The van der Waals surface area contributed by atoms with Crippen molar-refractivity contribution < 1.29 is 23.9 Å². The summed E-state index contributed by atoms with van der Waals surface area (Å²) in [7, 11) is 0. The Bertz CT molecular complexity index is 444. The molecule has 0 radical (unpaired) electrons. The number of hydrogen-bond donors (Lipinski definition) is 2. The topological polar surface area (TPSA) is 97.0 Å². The van der Waals surface area contributed by atoms with E-state index in [1.54, 1.807) is 18.7 Å². The van der Waals surface area contributed by atoms with E-state index in [2.05, 4.69) is 24.5 Å². The lowest BCUT2D eigenvalue weighted by molar-refractivity contribution is -0.144. The third-order valence-corrected chi connectivity index (χ3v) is 4.18. The molecule has 0 aromatic heterocycles. The van der Waals surface area contributed by atoms with Crippen molar-refractivity contribution in [2.24, 2.45) is 5.92 Å². The number of thioether (sulfide) groups is 1. The van der Waals surface area contributed by atoms with Crippen LogP contribution in [0.4, 0.5) is 0 Å². The van der Waals surface area contributed by atoms with Crippen molar-refractivity contribution in [3.8, 4) is 0 Å². The summed E-state index contributed by atoms with van der Waals surface area (Å²) in [5, 5.41) is 5.53. The lowest BCUT2D eigenvalue weighted by Gasteiger charge is -2.18. The first kappa shape index (κ1) is 20.8. The number of amides is 2. The molecular weight excluding hydrogens is 332 g/mol. The molecule has 0 unspecified atom stereocenters. The summed E-state index contributed by atoms with van der Waals surface area (Å²) >= 11 is 1.60. The molecule has 0 aromatic rings. The molecule has 0 aromatic carbocycles. The van der Waals surface area contributed by atoms with Gasteiger partial charge in [0.1, 0.15) is 6.04 Å². The first-order chi connectivity index (χ1) is 11.4. The molecule has 8 heteroatoms. The zero-order valence-electron chi connectivity index (χ0n) is 14.8. The molecular formula is C16H28N2O5S. The fourth-order valence-electron chi connectivity index (χ4n) is 2.08. The summed E-state index contributed by atoms with van der Waals surface area (Å²) < 4.78 is 9.88. The molecule has 138 valence electrons. The van der Waals surface area contributed by atoms with Crippen molar-refractivity contribution >= 4 is 29.5 Å². The van der Waals surface area contributed by atoms with E-state index in [0.29, 0.717) is 18.9 Å². The Morgan fingerprint density at radius 1 is 1.21 bits per heavy atom. The van der Waals surface area contributed by atoms with Crippen LogP contribution in [0.2, 0.25) is 0 Å². The second-order valence-electron chi connectivity index (χ2n) is 6.05. The zero-order chi connectivity index (χ0) is 18.1. The number of ether oxygens (including phenoxy) is 2. The maximum Gasteiger partial charge on any atom is 0.338 e. The van der Waals surface area contributed by atoms with Crippen LogP contribution in [0.25, 0.3) is 0 Å². The van der Waals surface area contributed by atoms with Crippen LogP contribution in [0.1, 0.15) is 33.6 Å². The molecule has 24 heavy (non-hydrogen) atoms. The third-order valence-electron chi connectivity index (χ3n) is 3.53. The Morgan fingerprint density at radius 3 is 2.50 bits per heavy atom. The van der Waals surface area contributed by atoms with Gasteiger partial charge in [0.2, 0.25) is 5.91 Å². The molecule has 3 atom stereocenters. The molecule has 2 N–H and O–H groups in total. The van der Waals surface area contributed by atoms with Gasteiger partial charge >= 0.3 is 5.97 Å². The fraction of sp³-hybridized carbons (Fsp3) is 0.812. The van der Waals surface area contributed by atoms with Crippen LogP contribution in [0.5, 0.6) is 0 Å². The summed E-state index contributed by atoms with van der Waals surface area (Å²) in [5.74, 6) is 0.0500. The van der Waals surface area contributed by atoms with Gasteiger partial charge in [-0.2, -0.15) is 11.8 Å². The first-order valence-corrected chi connectivity index (χ1v) is 9.69. The molecule has 0 aliphatic carbocycles. The monoisotopic (exact) mass is 360 g/mol. The third kappa shape index (κ3) is 7.09. The van der Waals surface area contributed by atoms with Gasteiger partial charge in [-0.25, -0.2) is 4.79 Å². The van der Waals surface area contributed by atoms with Crippen molar-refractivity contribution in [1.29, 1.82) is 0 Å². The van der Waals surface area contributed by atoms with Crippen LogP contribution in [-0.2, 0) is 23.9 Å². The average molecular weight is 360 g/mol. The second kappa shape index (κ2) is 10.6. The average Bonchev–Trinajstić information content (AvgIpc) is 3.31. The minimum atomic E-state index is -0.857. The second-order valence-corrected chi connectivity index (χ2v) is 7.03. The molecule has 0 saturated carbocycles. The van der Waals surface area contributed by atoms with Crippen LogP contribution in [0.3, 0.4) is 0 Å². The van der Waals surface area contributed by atoms with E-state index < -0.39 is 30.1 Å². The van der Waals surface area contributed by atoms with Gasteiger partial charge in [-0.3, -0.25) is 9.59 Å². The smallest absolute Gasteiger partial charge is 0.338 e. The maximum atomic E-state index is 12.3. The number of epoxide rings is 1. The van der Waals surface area contributed by atoms with Crippen LogP contribution >= 0.6 is 11.8 Å². The Kier molecular flexibility index (Phi) is 9.13. The maximum absolute atomic E-state index is 12.3. The summed E-state index contributed by atoms with van der Waals surface area (Å²) in [4.78, 5) is 35.9. The molecule has 1 heterocycles. The summed E-state index contributed by atoms with van der Waals surface area (Å²) in [6, 6.07) is -0.621. The Balaban J connectivity index is 2.48. The van der Waals surface area contributed by atoms with Gasteiger partial charge in [0.05, 0.1) is 6.61 Å². The summed E-state index contributed by atoms with van der Waals surface area (Å²) in [5.41, 5.74) is 0. The number of rotatable bonds is 11. The molecule has 2 amide bonds. The van der Waals surface area contributed by atoms with Crippen molar-refractivity contribution in [3.63, 3.8) is 0 Å². The SMILES string of the molecule is CCOC(=O)[C@H]1O[C@@H]1C(=O)N[C@@H](CCSC)C(=O)NCCC(C)C. The van der Waals surface area contributed by atoms with E-state index in [9.17, 15) is 14.4 Å². The minimum absolute atomic E-state index is 0.202. The van der Waals surface area contributed by atoms with Crippen LogP contribution in [-0.4, -0.2) is 61.2 Å². The van der Waals surface area contributed by atoms with Crippen LogP contribution < -0.4 is 10.6 Å². The van der Waals surface area contributed by atoms with E-state index in [-0.39, 0.29) is 12.5 Å². The molecule has 0 bridgehead atoms. The molecule has 1 aliphatic rings. The number of hydrogen-bond acceptors (Lipinski definition) is 6. The van der Waals surface area contributed by atoms with Gasteiger partial charge in [-0.05, 0) is 37.7 Å². The summed E-state index contributed by atoms with van der Waals surface area (Å²) in [6.07, 6.45) is 1.64. The quantitative estimate of drug-likeness (QED) is 0.416. The highest BCUT2D eigenvalue weighted by Crippen LogP contribution is 2.23. The van der Waals surface area contributed by atoms with Gasteiger partial charge in [0.15, 0.2) is 12.2 Å². The van der Waals surface area contributed by atoms with Gasteiger partial charge in [-0.15, -0.1) is 0 Å². The minimum Gasteiger partial charge on any atom is -0.464 e. The van der Waals surface area contributed by atoms with Crippen molar-refractivity contribution in [1.82, 2.24) is 10.6 Å². The van der Waals surface area contributed by atoms with Crippen LogP contribution in [0, 0.1) is 5.92 Å². The highest BCUT2D eigenvalue weighted by Gasteiger charge is 2.52. The fourth-order valence-corrected chi connectivity index (χ4v) is 2.55. The molecule has 1 fully saturated rings. The molecule has 0 spiro atoms. The molecule has 7 nitrogen and oxygen atoms in total. The van der Waals surface area contributed by atoms with E-state index >= 15 is 0 Å². The highest BCUT2D eigenvalue weighted by molar-refractivity contribution is 7.98. The Morgan fingerprint density at radius 2 is 1.92 bits per heavy atom. The van der Waals surface area contributed by atoms with Crippen LogP contribution in [0.15, 0.2) is 0 Å². The van der Waals surface area contributed by atoms with Gasteiger partial charge in [-0.1, -0.05) is 13.8 Å². The highest BCUT2D eigenvalue weighted by atomic mass is 32.2. The number of carbonyl (C=O) groups is 3. The van der Waals surface area contributed by atoms with E-state index in [1.807, 2.05) is 6.26 Å². The van der Waals surface area contributed by atoms with E-state index in [0.717, 1.165) is 12.2 Å². The number of esters is 1. The van der Waals surface area contributed by atoms with Crippen molar-refractivity contribution in [2.75, 3.05) is 25.2 Å². The van der Waals surface area contributed by atoms with Gasteiger partial charge < -0.3 is 20.1 Å². The van der Waals surface area contributed by atoms with Gasteiger partial charge in [0, 0.05) is 6.54 Å².